The lowest BCUT2D eigenvalue weighted by Gasteiger charge is -2.14. The maximum absolute atomic E-state index is 12.7. The van der Waals surface area contributed by atoms with Crippen LogP contribution in [0, 0.1) is 0 Å². The van der Waals surface area contributed by atoms with Gasteiger partial charge in [-0.3, -0.25) is 14.5 Å². The Morgan fingerprint density at radius 1 is 1.24 bits per heavy atom. The number of carbonyl (C=O) groups excluding carboxylic acids is 3. The van der Waals surface area contributed by atoms with Gasteiger partial charge < -0.3 is 9.47 Å². The molecule has 9 heteroatoms. The van der Waals surface area contributed by atoms with Crippen LogP contribution in [0.5, 0.6) is 11.5 Å². The maximum Gasteiger partial charge on any atom is 0.331 e. The summed E-state index contributed by atoms with van der Waals surface area (Å²) < 4.78 is 11.3. The molecule has 2 aromatic carbocycles. The van der Waals surface area contributed by atoms with Crippen LogP contribution in [0.4, 0.5) is 0 Å². The average Bonchev–Trinajstić information content (AvgIpc) is 2.96. The summed E-state index contributed by atoms with van der Waals surface area (Å²) in [5.74, 6) is -0.260. The summed E-state index contributed by atoms with van der Waals surface area (Å²) in [6.07, 6.45) is 2.29. The summed E-state index contributed by atoms with van der Waals surface area (Å²) >= 11 is 9.61. The fourth-order valence-corrected chi connectivity index (χ4v) is 4.06. The number of aldehydes is 1. The molecule has 0 bridgehead atoms. The molecule has 1 heterocycles. The molecule has 0 saturated carbocycles. The molecule has 6 nitrogen and oxygen atoms in total. The van der Waals surface area contributed by atoms with Crippen molar-refractivity contribution in [2.24, 2.45) is 0 Å². The summed E-state index contributed by atoms with van der Waals surface area (Å²) in [6, 6.07) is 11.9. The fourth-order valence-electron chi connectivity index (χ4n) is 2.47. The zero-order chi connectivity index (χ0) is 21.0. The topological polar surface area (TPSA) is 72.9 Å². The Morgan fingerprint density at radius 3 is 2.62 bits per heavy atom. The lowest BCUT2D eigenvalue weighted by molar-refractivity contribution is -0.138. The Labute approximate surface area is 185 Å². The highest BCUT2D eigenvalue weighted by atomic mass is 79.9. The maximum atomic E-state index is 12.7. The molecule has 0 atom stereocenters. The van der Waals surface area contributed by atoms with E-state index in [1.54, 1.807) is 31.4 Å². The van der Waals surface area contributed by atoms with Crippen molar-refractivity contribution in [3.05, 3.63) is 63.0 Å². The van der Waals surface area contributed by atoms with Gasteiger partial charge in [0.1, 0.15) is 22.4 Å². The number of methoxy groups -OCH3 is 1. The summed E-state index contributed by atoms with van der Waals surface area (Å²) in [6.45, 7) is -0.352. The van der Waals surface area contributed by atoms with Gasteiger partial charge in [-0.1, -0.05) is 52.0 Å². The quantitative estimate of drug-likeness (QED) is 0.198. The second-order valence-electron chi connectivity index (χ2n) is 5.82. The number of esters is 1. The fraction of sp³-hybridized carbons (Fsp3) is 0.100. The summed E-state index contributed by atoms with van der Waals surface area (Å²) in [7, 11) is 1.57. The molecule has 0 unspecified atom stereocenters. The first-order valence-corrected chi connectivity index (χ1v) is 10.3. The molecule has 1 aliphatic rings. The highest BCUT2D eigenvalue weighted by Gasteiger charge is 2.34. The van der Waals surface area contributed by atoms with Gasteiger partial charge in [-0.15, -0.1) is 0 Å². The van der Waals surface area contributed by atoms with Crippen molar-refractivity contribution in [2.75, 3.05) is 13.7 Å². The molecule has 1 amide bonds. The molecule has 1 aliphatic heterocycles. The van der Waals surface area contributed by atoms with Crippen LogP contribution in [-0.4, -0.2) is 41.0 Å². The molecule has 148 valence electrons. The number of thioether (sulfide) groups is 1. The van der Waals surface area contributed by atoms with Crippen LogP contribution in [0.1, 0.15) is 15.9 Å². The molecule has 2 aromatic rings. The van der Waals surface area contributed by atoms with Crippen LogP contribution >= 0.6 is 39.9 Å². The predicted molar refractivity (Wildman–Crippen MR) is 118 cm³/mol. The predicted octanol–water partition coefficient (Wildman–Crippen LogP) is 4.08. The lowest BCUT2D eigenvalue weighted by atomic mass is 10.2. The van der Waals surface area contributed by atoms with Gasteiger partial charge in [-0.05, 0) is 42.0 Å². The summed E-state index contributed by atoms with van der Waals surface area (Å²) in [5.41, 5.74) is 1.03. The van der Waals surface area contributed by atoms with E-state index in [9.17, 15) is 14.4 Å². The van der Waals surface area contributed by atoms with Gasteiger partial charge in [0.2, 0.25) is 0 Å². The van der Waals surface area contributed by atoms with Crippen molar-refractivity contribution >= 4 is 68.5 Å². The largest absolute Gasteiger partial charge is 0.497 e. The minimum absolute atomic E-state index is 0.110. The van der Waals surface area contributed by atoms with Crippen LogP contribution in [0.2, 0.25) is 0 Å². The molecule has 29 heavy (non-hydrogen) atoms. The number of nitrogens with zero attached hydrogens (tertiary/aromatic N) is 1. The number of hydrogen-bond acceptors (Lipinski definition) is 7. The highest BCUT2D eigenvalue weighted by molar-refractivity contribution is 9.10. The molecule has 0 N–H and O–H groups in total. The number of benzene rings is 2. The van der Waals surface area contributed by atoms with Crippen molar-refractivity contribution in [1.82, 2.24) is 4.90 Å². The van der Waals surface area contributed by atoms with Gasteiger partial charge in [0, 0.05) is 4.47 Å². The van der Waals surface area contributed by atoms with E-state index in [-0.39, 0.29) is 28.1 Å². The molecule has 1 fully saturated rings. The Kier molecular flexibility index (Phi) is 6.83. The van der Waals surface area contributed by atoms with E-state index in [2.05, 4.69) is 15.9 Å². The standard InChI is InChI=1S/C20H14BrNO5S2/c1-26-15-6-2-12(3-7-15)8-17-19(25)22(20(28)29-17)10-18(24)27-16-9-14(21)5-4-13(16)11-23/h2-9,11H,10H2,1H3. The molecule has 0 spiro atoms. The minimum Gasteiger partial charge on any atom is -0.497 e. The SMILES string of the molecule is COc1ccc(C=C2SC(=S)N(CC(=O)Oc3cc(Br)ccc3C=O)C2=O)cc1. The smallest absolute Gasteiger partial charge is 0.331 e. The molecule has 0 aliphatic carbocycles. The van der Waals surface area contributed by atoms with Crippen molar-refractivity contribution in [2.45, 2.75) is 0 Å². The zero-order valence-electron chi connectivity index (χ0n) is 15.1. The molecule has 0 aromatic heterocycles. The van der Waals surface area contributed by atoms with E-state index < -0.39 is 5.97 Å². The number of ether oxygens (including phenoxy) is 2. The number of halogens is 1. The van der Waals surface area contributed by atoms with Crippen molar-refractivity contribution in [3.8, 4) is 11.5 Å². The van der Waals surface area contributed by atoms with Gasteiger partial charge in [0.15, 0.2) is 6.29 Å². The summed E-state index contributed by atoms with van der Waals surface area (Å²) in [5, 5.41) is 0. The number of carbonyl (C=O) groups is 3. The van der Waals surface area contributed by atoms with Crippen LogP contribution in [0.3, 0.4) is 0 Å². The van der Waals surface area contributed by atoms with Gasteiger partial charge in [-0.2, -0.15) is 0 Å². The normalized spacial score (nSPS) is 15.0. The monoisotopic (exact) mass is 491 g/mol. The first-order chi connectivity index (χ1) is 13.9. The first kappa shape index (κ1) is 21.2. The number of hydrogen-bond donors (Lipinski definition) is 0. The molecular formula is C20H14BrNO5S2. The molecule has 1 saturated heterocycles. The third-order valence-corrected chi connectivity index (χ3v) is 5.77. The van der Waals surface area contributed by atoms with Gasteiger partial charge in [0.05, 0.1) is 17.6 Å². The van der Waals surface area contributed by atoms with Crippen LogP contribution in [0.25, 0.3) is 6.08 Å². The van der Waals surface area contributed by atoms with Crippen LogP contribution in [-0.2, 0) is 9.59 Å². The summed E-state index contributed by atoms with van der Waals surface area (Å²) in [4.78, 5) is 37.7. The third-order valence-electron chi connectivity index (χ3n) is 3.90. The second kappa shape index (κ2) is 9.34. The van der Waals surface area contributed by atoms with E-state index >= 15 is 0 Å². The molecule has 0 radical (unpaired) electrons. The van der Waals surface area contributed by atoms with Crippen LogP contribution < -0.4 is 9.47 Å². The van der Waals surface area contributed by atoms with Gasteiger partial charge in [0.25, 0.3) is 5.91 Å². The molecule has 3 rings (SSSR count). The van der Waals surface area contributed by atoms with E-state index in [1.165, 1.54) is 17.0 Å². The Morgan fingerprint density at radius 2 is 1.97 bits per heavy atom. The number of rotatable bonds is 6. The minimum atomic E-state index is -0.701. The number of amides is 1. The van der Waals surface area contributed by atoms with E-state index in [0.717, 1.165) is 17.3 Å². The van der Waals surface area contributed by atoms with E-state index in [1.807, 2.05) is 12.1 Å². The lowest BCUT2D eigenvalue weighted by Crippen LogP contribution is -2.35. The Hall–Kier alpha value is -2.49. The van der Waals surface area contributed by atoms with Crippen molar-refractivity contribution in [3.63, 3.8) is 0 Å². The number of thiocarbonyl (C=S) groups is 1. The third kappa shape index (κ3) is 5.11. The zero-order valence-corrected chi connectivity index (χ0v) is 18.3. The highest BCUT2D eigenvalue weighted by Crippen LogP contribution is 2.33. The first-order valence-electron chi connectivity index (χ1n) is 8.26. The average molecular weight is 492 g/mol. The Balaban J connectivity index is 1.71. The molecular weight excluding hydrogens is 478 g/mol. The van der Waals surface area contributed by atoms with Gasteiger partial charge in [-0.25, -0.2) is 4.79 Å². The van der Waals surface area contributed by atoms with Crippen molar-refractivity contribution < 1.29 is 23.9 Å². The van der Waals surface area contributed by atoms with E-state index in [4.69, 9.17) is 21.7 Å². The van der Waals surface area contributed by atoms with E-state index in [0.29, 0.717) is 21.4 Å². The van der Waals surface area contributed by atoms with Crippen molar-refractivity contribution in [1.29, 1.82) is 0 Å². The Bertz CT molecular complexity index is 1020. The second-order valence-corrected chi connectivity index (χ2v) is 8.41. The van der Waals surface area contributed by atoms with Gasteiger partial charge >= 0.3 is 5.97 Å². The van der Waals surface area contributed by atoms with Crippen LogP contribution in [0.15, 0.2) is 51.8 Å².